The summed E-state index contributed by atoms with van der Waals surface area (Å²) in [5.41, 5.74) is 6.94. The Bertz CT molecular complexity index is 954. The molecule has 3 rings (SSSR count). The summed E-state index contributed by atoms with van der Waals surface area (Å²) in [6.45, 7) is 2.59. The Balaban J connectivity index is 1.40. The highest BCUT2D eigenvalue weighted by molar-refractivity contribution is 7.80. The maximum absolute atomic E-state index is 12.3. The van der Waals surface area contributed by atoms with Crippen LogP contribution in [0.4, 0.5) is 0 Å². The number of nitrogens with one attached hydrogen (secondary N) is 3. The lowest BCUT2D eigenvalue weighted by molar-refractivity contribution is -0.129. The highest BCUT2D eigenvalue weighted by Crippen LogP contribution is 2.20. The zero-order chi connectivity index (χ0) is 21.5. The van der Waals surface area contributed by atoms with Crippen LogP contribution in [0.3, 0.4) is 0 Å². The van der Waals surface area contributed by atoms with Crippen LogP contribution in [0.2, 0.25) is 0 Å². The molecule has 3 N–H and O–H groups in total. The Morgan fingerprint density at radius 3 is 2.70 bits per heavy atom. The maximum atomic E-state index is 12.3. The Hall–Kier alpha value is -3.46. The van der Waals surface area contributed by atoms with E-state index in [1.807, 2.05) is 31.2 Å². The third-order valence-corrected chi connectivity index (χ3v) is 4.76. The SMILES string of the molecule is Cc1ccc(/C=C/C(=O)NC(=S)NNC(=O)C2CC(=O)N(Cc3ccco3)C2)cc1. The number of likely N-dealkylation sites (tertiary alicyclic amines) is 1. The van der Waals surface area contributed by atoms with E-state index < -0.39 is 11.8 Å². The van der Waals surface area contributed by atoms with Crippen LogP contribution in [0, 0.1) is 12.8 Å². The van der Waals surface area contributed by atoms with Gasteiger partial charge in [-0.3, -0.25) is 30.6 Å². The first kappa shape index (κ1) is 21.3. The Labute approximate surface area is 179 Å². The molecule has 0 saturated carbocycles. The van der Waals surface area contributed by atoms with E-state index in [2.05, 4.69) is 16.2 Å². The quantitative estimate of drug-likeness (QED) is 0.382. The molecule has 0 bridgehead atoms. The van der Waals surface area contributed by atoms with Gasteiger partial charge in [-0.1, -0.05) is 29.8 Å². The summed E-state index contributed by atoms with van der Waals surface area (Å²) in [5.74, 6) is -0.784. The van der Waals surface area contributed by atoms with E-state index in [4.69, 9.17) is 16.6 Å². The molecular weight excluding hydrogens is 404 g/mol. The number of furan rings is 1. The average molecular weight is 426 g/mol. The van der Waals surface area contributed by atoms with Crippen LogP contribution in [0.15, 0.2) is 53.2 Å². The zero-order valence-electron chi connectivity index (χ0n) is 16.4. The van der Waals surface area contributed by atoms with E-state index in [0.29, 0.717) is 12.3 Å². The van der Waals surface area contributed by atoms with Gasteiger partial charge < -0.3 is 9.32 Å². The lowest BCUT2D eigenvalue weighted by Crippen LogP contribution is -2.50. The Morgan fingerprint density at radius 2 is 2.00 bits per heavy atom. The Kier molecular flexibility index (Phi) is 6.97. The normalized spacial score (nSPS) is 16.0. The first-order valence-corrected chi connectivity index (χ1v) is 9.77. The second kappa shape index (κ2) is 9.84. The minimum absolute atomic E-state index is 0.0429. The van der Waals surface area contributed by atoms with E-state index in [1.54, 1.807) is 23.1 Å². The number of nitrogens with zero attached hydrogens (tertiary/aromatic N) is 1. The molecule has 1 unspecified atom stereocenters. The molecule has 1 aromatic heterocycles. The van der Waals surface area contributed by atoms with Crippen LogP contribution < -0.4 is 16.2 Å². The number of rotatable bonds is 5. The van der Waals surface area contributed by atoms with Crippen molar-refractivity contribution in [1.82, 2.24) is 21.1 Å². The molecule has 1 fully saturated rings. The predicted molar refractivity (Wildman–Crippen MR) is 114 cm³/mol. The summed E-state index contributed by atoms with van der Waals surface area (Å²) in [6, 6.07) is 11.2. The minimum atomic E-state index is -0.514. The first-order valence-electron chi connectivity index (χ1n) is 9.36. The van der Waals surface area contributed by atoms with Crippen molar-refractivity contribution in [2.24, 2.45) is 5.92 Å². The number of hydrazine groups is 1. The van der Waals surface area contributed by atoms with Gasteiger partial charge in [0.25, 0.3) is 0 Å². The summed E-state index contributed by atoms with van der Waals surface area (Å²) in [4.78, 5) is 37.9. The minimum Gasteiger partial charge on any atom is -0.467 e. The molecule has 0 spiro atoms. The summed E-state index contributed by atoms with van der Waals surface area (Å²) in [6.07, 6.45) is 4.65. The van der Waals surface area contributed by atoms with Crippen LogP contribution in [-0.2, 0) is 20.9 Å². The number of hydrogen-bond acceptors (Lipinski definition) is 5. The lowest BCUT2D eigenvalue weighted by atomic mass is 10.1. The third kappa shape index (κ3) is 6.02. The molecule has 1 saturated heterocycles. The van der Waals surface area contributed by atoms with Gasteiger partial charge in [0.15, 0.2) is 5.11 Å². The molecule has 2 heterocycles. The number of amides is 3. The van der Waals surface area contributed by atoms with Crippen molar-refractivity contribution < 1.29 is 18.8 Å². The second-order valence-corrected chi connectivity index (χ2v) is 7.34. The first-order chi connectivity index (χ1) is 14.4. The molecule has 1 aliphatic rings. The van der Waals surface area contributed by atoms with Gasteiger partial charge in [-0.2, -0.15) is 0 Å². The van der Waals surface area contributed by atoms with Crippen molar-refractivity contribution in [1.29, 1.82) is 0 Å². The van der Waals surface area contributed by atoms with Gasteiger partial charge in [0.1, 0.15) is 5.76 Å². The van der Waals surface area contributed by atoms with Gasteiger partial charge in [0.05, 0.1) is 18.7 Å². The largest absolute Gasteiger partial charge is 0.467 e. The van der Waals surface area contributed by atoms with Crippen LogP contribution >= 0.6 is 12.2 Å². The van der Waals surface area contributed by atoms with E-state index in [-0.39, 0.29) is 29.9 Å². The predicted octanol–water partition coefficient (Wildman–Crippen LogP) is 1.67. The van der Waals surface area contributed by atoms with Crippen LogP contribution in [0.25, 0.3) is 6.08 Å². The molecule has 156 valence electrons. The van der Waals surface area contributed by atoms with Crippen LogP contribution in [0.5, 0.6) is 0 Å². The maximum Gasteiger partial charge on any atom is 0.250 e. The molecule has 2 aromatic rings. The number of carbonyl (C=O) groups excluding carboxylic acids is 3. The van der Waals surface area contributed by atoms with Crippen LogP contribution in [0.1, 0.15) is 23.3 Å². The van der Waals surface area contributed by atoms with E-state index in [1.165, 1.54) is 12.3 Å². The molecule has 30 heavy (non-hydrogen) atoms. The second-order valence-electron chi connectivity index (χ2n) is 6.93. The molecule has 9 heteroatoms. The molecule has 0 radical (unpaired) electrons. The molecular formula is C21H22N4O4S. The van der Waals surface area contributed by atoms with Crippen molar-refractivity contribution in [3.8, 4) is 0 Å². The molecule has 8 nitrogen and oxygen atoms in total. The molecule has 1 aromatic carbocycles. The number of hydrogen-bond donors (Lipinski definition) is 3. The molecule has 1 aliphatic heterocycles. The number of aryl methyl sites for hydroxylation is 1. The Morgan fingerprint density at radius 1 is 1.23 bits per heavy atom. The zero-order valence-corrected chi connectivity index (χ0v) is 17.2. The number of benzene rings is 1. The van der Waals surface area contributed by atoms with E-state index >= 15 is 0 Å². The lowest BCUT2D eigenvalue weighted by Gasteiger charge is -2.15. The smallest absolute Gasteiger partial charge is 0.250 e. The number of thiocarbonyl (C=S) groups is 1. The van der Waals surface area contributed by atoms with Gasteiger partial charge in [-0.05, 0) is 42.9 Å². The van der Waals surface area contributed by atoms with Crippen molar-refractivity contribution in [2.75, 3.05) is 6.54 Å². The van der Waals surface area contributed by atoms with Gasteiger partial charge in [-0.15, -0.1) is 0 Å². The molecule has 0 aliphatic carbocycles. The van der Waals surface area contributed by atoms with Gasteiger partial charge in [-0.25, -0.2) is 0 Å². The monoisotopic (exact) mass is 426 g/mol. The molecule has 1 atom stereocenters. The summed E-state index contributed by atoms with van der Waals surface area (Å²) in [5, 5.41) is 2.40. The van der Waals surface area contributed by atoms with Crippen molar-refractivity contribution in [3.05, 3.63) is 65.6 Å². The van der Waals surface area contributed by atoms with E-state index in [0.717, 1.165) is 11.1 Å². The van der Waals surface area contributed by atoms with Crippen LogP contribution in [-0.4, -0.2) is 34.3 Å². The van der Waals surface area contributed by atoms with Gasteiger partial charge >= 0.3 is 0 Å². The van der Waals surface area contributed by atoms with Crippen molar-refractivity contribution >= 4 is 41.1 Å². The fraction of sp³-hybridized carbons (Fsp3) is 0.238. The topological polar surface area (TPSA) is 104 Å². The van der Waals surface area contributed by atoms with E-state index in [9.17, 15) is 14.4 Å². The van der Waals surface area contributed by atoms with Gasteiger partial charge in [0.2, 0.25) is 17.7 Å². The highest BCUT2D eigenvalue weighted by atomic mass is 32.1. The highest BCUT2D eigenvalue weighted by Gasteiger charge is 2.34. The summed E-state index contributed by atoms with van der Waals surface area (Å²) in [7, 11) is 0. The summed E-state index contributed by atoms with van der Waals surface area (Å²) >= 11 is 5.01. The number of carbonyl (C=O) groups is 3. The fourth-order valence-electron chi connectivity index (χ4n) is 2.95. The average Bonchev–Trinajstić information content (AvgIpc) is 3.36. The standard InChI is InChI=1S/C21H22N4O4S/c1-14-4-6-15(7-5-14)8-9-18(26)22-21(30)24-23-20(28)16-11-19(27)25(12-16)13-17-3-2-10-29-17/h2-10,16H,11-13H2,1H3,(H,23,28)(H2,22,24,26,30)/b9-8+. The van der Waals surface area contributed by atoms with Crippen molar-refractivity contribution in [3.63, 3.8) is 0 Å². The summed E-state index contributed by atoms with van der Waals surface area (Å²) < 4.78 is 5.24. The van der Waals surface area contributed by atoms with Gasteiger partial charge in [0, 0.05) is 19.0 Å². The fourth-order valence-corrected chi connectivity index (χ4v) is 3.10. The molecule has 3 amide bonds. The third-order valence-electron chi connectivity index (χ3n) is 4.55. The van der Waals surface area contributed by atoms with Crippen molar-refractivity contribution in [2.45, 2.75) is 19.9 Å².